The number of anilines is 1. The molecule has 0 saturated heterocycles. The zero-order valence-electron chi connectivity index (χ0n) is 9.10. The van der Waals surface area contributed by atoms with E-state index in [1.165, 1.54) is 0 Å². The number of rotatable bonds is 1. The zero-order valence-corrected chi connectivity index (χ0v) is 9.10. The third-order valence-corrected chi connectivity index (χ3v) is 2.45. The van der Waals surface area contributed by atoms with Gasteiger partial charge in [0.05, 0.1) is 29.0 Å². The molecule has 0 spiro atoms. The first-order valence-corrected chi connectivity index (χ1v) is 4.81. The quantitative estimate of drug-likeness (QED) is 0.775. The molecule has 0 aliphatic heterocycles. The van der Waals surface area contributed by atoms with E-state index in [0.29, 0.717) is 11.4 Å². The molecule has 0 atom stereocenters. The Balaban J connectivity index is 2.51. The van der Waals surface area contributed by atoms with Gasteiger partial charge in [0, 0.05) is 0 Å². The molecular formula is C11H11N5. The molecule has 5 heteroatoms. The topological polar surface area (TPSA) is 80.5 Å². The van der Waals surface area contributed by atoms with Crippen LogP contribution >= 0.6 is 0 Å². The molecule has 0 bridgehead atoms. The summed E-state index contributed by atoms with van der Waals surface area (Å²) in [6.07, 6.45) is 1.61. The molecule has 5 nitrogen and oxygen atoms in total. The van der Waals surface area contributed by atoms with Crippen LogP contribution in [0.25, 0.3) is 5.69 Å². The van der Waals surface area contributed by atoms with Gasteiger partial charge in [-0.05, 0) is 26.0 Å². The number of hydrogen-bond acceptors (Lipinski definition) is 4. The average Bonchev–Trinajstić information content (AvgIpc) is 2.57. The van der Waals surface area contributed by atoms with Gasteiger partial charge in [0.2, 0.25) is 0 Å². The van der Waals surface area contributed by atoms with Gasteiger partial charge in [0.25, 0.3) is 0 Å². The number of aryl methyl sites for hydroxylation is 1. The maximum absolute atomic E-state index is 8.65. The van der Waals surface area contributed by atoms with E-state index in [4.69, 9.17) is 11.0 Å². The van der Waals surface area contributed by atoms with Crippen molar-refractivity contribution in [2.75, 3.05) is 5.73 Å². The van der Waals surface area contributed by atoms with Crippen LogP contribution in [0, 0.1) is 25.2 Å². The van der Waals surface area contributed by atoms with Crippen LogP contribution in [-0.2, 0) is 0 Å². The summed E-state index contributed by atoms with van der Waals surface area (Å²) in [5.74, 6) is 0. The lowest BCUT2D eigenvalue weighted by Crippen LogP contribution is -2.00. The number of nitriles is 1. The highest BCUT2D eigenvalue weighted by Gasteiger charge is 2.09. The van der Waals surface area contributed by atoms with Crippen molar-refractivity contribution in [1.29, 1.82) is 5.26 Å². The van der Waals surface area contributed by atoms with Gasteiger partial charge in [0.15, 0.2) is 0 Å². The van der Waals surface area contributed by atoms with Crippen molar-refractivity contribution in [3.8, 4) is 11.8 Å². The molecule has 0 saturated carbocycles. The molecular weight excluding hydrogens is 202 g/mol. The SMILES string of the molecule is Cc1nn(-c2ccc(C#N)nc2)c(C)c1N. The van der Waals surface area contributed by atoms with Crippen LogP contribution in [0.5, 0.6) is 0 Å². The minimum Gasteiger partial charge on any atom is -0.396 e. The van der Waals surface area contributed by atoms with Crippen molar-refractivity contribution < 1.29 is 0 Å². The predicted molar refractivity (Wildman–Crippen MR) is 60.0 cm³/mol. The third kappa shape index (κ3) is 1.50. The van der Waals surface area contributed by atoms with E-state index < -0.39 is 0 Å². The molecule has 0 aliphatic carbocycles. The largest absolute Gasteiger partial charge is 0.396 e. The van der Waals surface area contributed by atoms with Crippen LogP contribution in [-0.4, -0.2) is 14.8 Å². The Morgan fingerprint density at radius 3 is 2.56 bits per heavy atom. The third-order valence-electron chi connectivity index (χ3n) is 2.45. The highest BCUT2D eigenvalue weighted by Crippen LogP contribution is 2.18. The van der Waals surface area contributed by atoms with Crippen molar-refractivity contribution in [3.63, 3.8) is 0 Å². The van der Waals surface area contributed by atoms with E-state index >= 15 is 0 Å². The summed E-state index contributed by atoms with van der Waals surface area (Å²) in [6.45, 7) is 3.75. The van der Waals surface area contributed by atoms with E-state index in [9.17, 15) is 0 Å². The van der Waals surface area contributed by atoms with Crippen LogP contribution in [0.1, 0.15) is 17.1 Å². The summed E-state index contributed by atoms with van der Waals surface area (Å²) in [5.41, 5.74) is 9.39. The van der Waals surface area contributed by atoms with Crippen molar-refractivity contribution >= 4 is 5.69 Å². The van der Waals surface area contributed by atoms with Gasteiger partial charge in [-0.2, -0.15) is 10.4 Å². The maximum Gasteiger partial charge on any atom is 0.140 e. The zero-order chi connectivity index (χ0) is 11.7. The van der Waals surface area contributed by atoms with Crippen molar-refractivity contribution in [3.05, 3.63) is 35.4 Å². The molecule has 0 fully saturated rings. The average molecular weight is 213 g/mol. The molecule has 80 valence electrons. The van der Waals surface area contributed by atoms with Gasteiger partial charge in [-0.3, -0.25) is 0 Å². The van der Waals surface area contributed by atoms with Gasteiger partial charge < -0.3 is 5.73 Å². The number of hydrogen-bond donors (Lipinski definition) is 1. The lowest BCUT2D eigenvalue weighted by molar-refractivity contribution is 0.828. The summed E-state index contributed by atoms with van der Waals surface area (Å²) < 4.78 is 1.72. The molecule has 0 aliphatic rings. The summed E-state index contributed by atoms with van der Waals surface area (Å²) in [6, 6.07) is 5.42. The Bertz CT molecular complexity index is 559. The van der Waals surface area contributed by atoms with Crippen LogP contribution in [0.4, 0.5) is 5.69 Å². The van der Waals surface area contributed by atoms with E-state index in [1.54, 1.807) is 23.0 Å². The molecule has 0 unspecified atom stereocenters. The summed E-state index contributed by atoms with van der Waals surface area (Å²) in [7, 11) is 0. The first-order valence-electron chi connectivity index (χ1n) is 4.81. The van der Waals surface area contributed by atoms with Crippen molar-refractivity contribution in [2.45, 2.75) is 13.8 Å². The maximum atomic E-state index is 8.65. The van der Waals surface area contributed by atoms with Crippen LogP contribution in [0.2, 0.25) is 0 Å². The van der Waals surface area contributed by atoms with E-state index in [0.717, 1.165) is 17.1 Å². The second-order valence-electron chi connectivity index (χ2n) is 3.51. The number of nitrogens with two attached hydrogens (primary N) is 1. The number of nitrogens with zero attached hydrogens (tertiary/aromatic N) is 4. The van der Waals surface area contributed by atoms with Gasteiger partial charge >= 0.3 is 0 Å². The molecule has 2 aromatic heterocycles. The van der Waals surface area contributed by atoms with E-state index in [2.05, 4.69) is 10.1 Å². The molecule has 2 heterocycles. The molecule has 2 aromatic rings. The molecule has 0 aromatic carbocycles. The predicted octanol–water partition coefficient (Wildman–Crippen LogP) is 1.34. The van der Waals surface area contributed by atoms with Crippen LogP contribution in [0.3, 0.4) is 0 Å². The van der Waals surface area contributed by atoms with Gasteiger partial charge in [0.1, 0.15) is 11.8 Å². The fourth-order valence-electron chi connectivity index (χ4n) is 1.48. The van der Waals surface area contributed by atoms with Crippen molar-refractivity contribution in [2.24, 2.45) is 0 Å². The minimum atomic E-state index is 0.387. The number of nitrogen functional groups attached to an aromatic ring is 1. The minimum absolute atomic E-state index is 0.387. The molecule has 2 N–H and O–H groups in total. The van der Waals surface area contributed by atoms with Gasteiger partial charge in [-0.15, -0.1) is 0 Å². The lowest BCUT2D eigenvalue weighted by atomic mass is 10.3. The fraction of sp³-hybridized carbons (Fsp3) is 0.182. The smallest absolute Gasteiger partial charge is 0.140 e. The second kappa shape index (κ2) is 3.66. The Morgan fingerprint density at radius 1 is 1.38 bits per heavy atom. The Hall–Kier alpha value is -2.35. The monoisotopic (exact) mass is 213 g/mol. The Kier molecular flexibility index (Phi) is 2.33. The highest BCUT2D eigenvalue weighted by molar-refractivity contribution is 5.50. The first kappa shape index (κ1) is 10.2. The van der Waals surface area contributed by atoms with Gasteiger partial charge in [-0.25, -0.2) is 9.67 Å². The normalized spacial score (nSPS) is 10.1. The Morgan fingerprint density at radius 2 is 2.12 bits per heavy atom. The number of pyridine rings is 1. The Labute approximate surface area is 93.1 Å². The summed E-state index contributed by atoms with van der Waals surface area (Å²) in [4.78, 5) is 3.99. The molecule has 0 radical (unpaired) electrons. The molecule has 16 heavy (non-hydrogen) atoms. The van der Waals surface area contributed by atoms with Crippen LogP contribution in [0.15, 0.2) is 18.3 Å². The fourth-order valence-corrected chi connectivity index (χ4v) is 1.48. The van der Waals surface area contributed by atoms with E-state index in [1.807, 2.05) is 19.9 Å². The van der Waals surface area contributed by atoms with E-state index in [-0.39, 0.29) is 0 Å². The summed E-state index contributed by atoms with van der Waals surface area (Å²) >= 11 is 0. The lowest BCUT2D eigenvalue weighted by Gasteiger charge is -2.03. The molecule has 0 amide bonds. The second-order valence-corrected chi connectivity index (χ2v) is 3.51. The summed E-state index contributed by atoms with van der Waals surface area (Å²) in [5, 5.41) is 13.0. The standard InChI is InChI=1S/C11H11N5/c1-7-11(13)8(2)16(15-7)10-4-3-9(5-12)14-6-10/h3-4,6H,13H2,1-2H3. The highest BCUT2D eigenvalue weighted by atomic mass is 15.3. The van der Waals surface area contributed by atoms with Crippen LogP contribution < -0.4 is 5.73 Å². The first-order chi connectivity index (χ1) is 7.63. The van der Waals surface area contributed by atoms with Crippen molar-refractivity contribution in [1.82, 2.24) is 14.8 Å². The number of aromatic nitrogens is 3. The molecule has 2 rings (SSSR count). The van der Waals surface area contributed by atoms with Gasteiger partial charge in [-0.1, -0.05) is 0 Å².